The van der Waals surface area contributed by atoms with Crippen LogP contribution in [-0.4, -0.2) is 47.0 Å². The summed E-state index contributed by atoms with van der Waals surface area (Å²) in [5, 5.41) is 10.3. The van der Waals surface area contributed by atoms with Crippen LogP contribution in [0.25, 0.3) is 0 Å². The van der Waals surface area contributed by atoms with Crippen LogP contribution in [0.15, 0.2) is 42.6 Å². The van der Waals surface area contributed by atoms with Crippen LogP contribution in [-0.2, 0) is 17.8 Å². The normalized spacial score (nSPS) is 12.5. The summed E-state index contributed by atoms with van der Waals surface area (Å²) in [6.07, 6.45) is 6.78. The highest BCUT2D eigenvalue weighted by molar-refractivity contribution is 5.26. The van der Waals surface area contributed by atoms with E-state index in [9.17, 15) is 5.11 Å². The van der Waals surface area contributed by atoms with Crippen LogP contribution in [0, 0.1) is 25.2 Å². The largest absolute Gasteiger partial charge is 0.389 e. The van der Waals surface area contributed by atoms with E-state index in [4.69, 9.17) is 11.2 Å². The van der Waals surface area contributed by atoms with Gasteiger partial charge in [0.05, 0.1) is 12.7 Å². The van der Waals surface area contributed by atoms with Gasteiger partial charge in [-0.2, -0.15) is 0 Å². The van der Waals surface area contributed by atoms with Crippen molar-refractivity contribution in [3.8, 4) is 12.3 Å². The number of aryl methyl sites for hydroxylation is 1. The highest BCUT2D eigenvalue weighted by Gasteiger charge is 2.16. The smallest absolute Gasteiger partial charge is 0.107 e. The summed E-state index contributed by atoms with van der Waals surface area (Å²) < 4.78 is 7.57. The zero-order valence-corrected chi connectivity index (χ0v) is 16.8. The molecule has 0 saturated carbocycles. The van der Waals surface area contributed by atoms with Gasteiger partial charge in [-0.05, 0) is 36.1 Å². The van der Waals surface area contributed by atoms with E-state index >= 15 is 0 Å². The molecule has 4 nitrogen and oxygen atoms in total. The van der Waals surface area contributed by atoms with Crippen LogP contribution in [0.1, 0.15) is 30.7 Å². The van der Waals surface area contributed by atoms with Crippen molar-refractivity contribution in [1.82, 2.24) is 9.47 Å². The van der Waals surface area contributed by atoms with Gasteiger partial charge in [-0.3, -0.25) is 4.90 Å². The number of hydrogen-bond donors (Lipinski definition) is 1. The van der Waals surface area contributed by atoms with Gasteiger partial charge in [0.25, 0.3) is 0 Å². The number of hydrogen-bond acceptors (Lipinski definition) is 3. The molecule has 0 aliphatic heterocycles. The van der Waals surface area contributed by atoms with Crippen LogP contribution in [0.2, 0.25) is 0 Å². The first kappa shape index (κ1) is 21.2. The Morgan fingerprint density at radius 2 is 1.96 bits per heavy atom. The maximum atomic E-state index is 10.3. The minimum atomic E-state index is -0.545. The molecule has 0 saturated heterocycles. The second kappa shape index (κ2) is 10.9. The van der Waals surface area contributed by atoms with Gasteiger partial charge < -0.3 is 14.4 Å². The summed E-state index contributed by atoms with van der Waals surface area (Å²) in [6.45, 7) is 10.2. The maximum Gasteiger partial charge on any atom is 0.107 e. The number of aromatic nitrogens is 1. The van der Waals surface area contributed by atoms with Gasteiger partial charge in [-0.1, -0.05) is 44.0 Å². The van der Waals surface area contributed by atoms with E-state index in [1.807, 2.05) is 0 Å². The molecule has 2 rings (SSSR count). The quantitative estimate of drug-likeness (QED) is 0.488. The molecule has 1 atom stereocenters. The number of terminal acetylenes is 1. The third-order valence-electron chi connectivity index (χ3n) is 4.50. The SMILES string of the molecule is C#CCOCC(O)CN(Cc1cccn1Cc1ccccc1C)CC(C)C. The monoisotopic (exact) mass is 368 g/mol. The fraction of sp³-hybridized carbons (Fsp3) is 0.478. The Hall–Kier alpha value is -2.06. The van der Waals surface area contributed by atoms with E-state index in [0.29, 0.717) is 12.5 Å². The van der Waals surface area contributed by atoms with Gasteiger partial charge >= 0.3 is 0 Å². The molecule has 1 N–H and O–H groups in total. The first-order valence-electron chi connectivity index (χ1n) is 9.59. The number of benzene rings is 1. The molecule has 0 radical (unpaired) electrons. The van der Waals surface area contributed by atoms with Crippen molar-refractivity contribution in [3.05, 3.63) is 59.4 Å². The lowest BCUT2D eigenvalue weighted by Gasteiger charge is -2.27. The number of ether oxygens (including phenoxy) is 1. The molecule has 1 aromatic carbocycles. The Morgan fingerprint density at radius 1 is 1.19 bits per heavy atom. The van der Waals surface area contributed by atoms with Crippen LogP contribution in [0.5, 0.6) is 0 Å². The van der Waals surface area contributed by atoms with Crippen molar-refractivity contribution in [2.75, 3.05) is 26.3 Å². The minimum Gasteiger partial charge on any atom is -0.389 e. The third-order valence-corrected chi connectivity index (χ3v) is 4.50. The molecule has 0 amide bonds. The predicted molar refractivity (Wildman–Crippen MR) is 110 cm³/mol. The molecule has 146 valence electrons. The molecule has 2 aromatic rings. The van der Waals surface area contributed by atoms with Gasteiger partial charge in [0.2, 0.25) is 0 Å². The standard InChI is InChI=1S/C23H32N2O2/c1-5-13-27-18-23(26)17-24(14-19(2)3)16-22-11-8-12-25(22)15-21-10-7-6-9-20(21)4/h1,6-12,19,23,26H,13-18H2,2-4H3. The fourth-order valence-corrected chi connectivity index (χ4v) is 3.27. The van der Waals surface area contributed by atoms with Crippen LogP contribution < -0.4 is 0 Å². The average molecular weight is 369 g/mol. The molecule has 0 aliphatic carbocycles. The molecule has 0 fully saturated rings. The van der Waals surface area contributed by atoms with Crippen molar-refractivity contribution < 1.29 is 9.84 Å². The Labute approximate surface area is 163 Å². The van der Waals surface area contributed by atoms with Crippen molar-refractivity contribution in [1.29, 1.82) is 0 Å². The molecule has 1 heterocycles. The van der Waals surface area contributed by atoms with Gasteiger partial charge in [0.15, 0.2) is 0 Å². The molecular weight excluding hydrogens is 336 g/mol. The molecule has 1 unspecified atom stereocenters. The molecule has 4 heteroatoms. The highest BCUT2D eigenvalue weighted by atomic mass is 16.5. The lowest BCUT2D eigenvalue weighted by atomic mass is 10.1. The van der Waals surface area contributed by atoms with E-state index in [-0.39, 0.29) is 13.2 Å². The summed E-state index contributed by atoms with van der Waals surface area (Å²) >= 11 is 0. The van der Waals surface area contributed by atoms with Gasteiger partial charge in [0.1, 0.15) is 6.61 Å². The molecular formula is C23H32N2O2. The van der Waals surface area contributed by atoms with Gasteiger partial charge in [0, 0.05) is 38.1 Å². The Morgan fingerprint density at radius 3 is 2.67 bits per heavy atom. The van der Waals surface area contributed by atoms with Crippen LogP contribution >= 0.6 is 0 Å². The van der Waals surface area contributed by atoms with Crippen LogP contribution in [0.4, 0.5) is 0 Å². The third kappa shape index (κ3) is 7.22. The second-order valence-corrected chi connectivity index (χ2v) is 7.51. The second-order valence-electron chi connectivity index (χ2n) is 7.51. The minimum absolute atomic E-state index is 0.237. The van der Waals surface area contributed by atoms with Crippen molar-refractivity contribution in [2.45, 2.75) is 40.0 Å². The summed E-state index contributed by atoms with van der Waals surface area (Å²) in [4.78, 5) is 2.29. The first-order chi connectivity index (χ1) is 13.0. The summed E-state index contributed by atoms with van der Waals surface area (Å²) in [5.41, 5.74) is 3.88. The Kier molecular flexibility index (Phi) is 8.60. The summed E-state index contributed by atoms with van der Waals surface area (Å²) in [6, 6.07) is 12.7. The summed E-state index contributed by atoms with van der Waals surface area (Å²) in [7, 11) is 0. The number of rotatable bonds is 11. The van der Waals surface area contributed by atoms with E-state index in [1.54, 1.807) is 0 Å². The number of nitrogens with zero attached hydrogens (tertiary/aromatic N) is 2. The molecule has 0 spiro atoms. The zero-order chi connectivity index (χ0) is 19.6. The van der Waals surface area contributed by atoms with Gasteiger partial charge in [-0.25, -0.2) is 0 Å². The average Bonchev–Trinajstić information content (AvgIpc) is 3.03. The van der Waals surface area contributed by atoms with E-state index in [2.05, 4.69) is 78.8 Å². The molecule has 0 bridgehead atoms. The molecule has 1 aromatic heterocycles. The Balaban J connectivity index is 2.03. The lowest BCUT2D eigenvalue weighted by Crippen LogP contribution is -2.37. The fourth-order valence-electron chi connectivity index (χ4n) is 3.27. The van der Waals surface area contributed by atoms with Crippen molar-refractivity contribution >= 4 is 0 Å². The van der Waals surface area contributed by atoms with Crippen LogP contribution in [0.3, 0.4) is 0 Å². The number of aliphatic hydroxyl groups excluding tert-OH is 1. The number of aliphatic hydroxyl groups is 1. The topological polar surface area (TPSA) is 37.6 Å². The van der Waals surface area contributed by atoms with Crippen molar-refractivity contribution in [3.63, 3.8) is 0 Å². The molecule has 0 aliphatic rings. The summed E-state index contributed by atoms with van der Waals surface area (Å²) in [5.74, 6) is 2.95. The van der Waals surface area contributed by atoms with E-state index < -0.39 is 6.10 Å². The van der Waals surface area contributed by atoms with E-state index in [0.717, 1.165) is 19.6 Å². The maximum absolute atomic E-state index is 10.3. The Bertz CT molecular complexity index is 730. The van der Waals surface area contributed by atoms with Crippen molar-refractivity contribution in [2.24, 2.45) is 5.92 Å². The zero-order valence-electron chi connectivity index (χ0n) is 16.8. The molecule has 27 heavy (non-hydrogen) atoms. The lowest BCUT2D eigenvalue weighted by molar-refractivity contribution is 0.0233. The first-order valence-corrected chi connectivity index (χ1v) is 9.59. The van der Waals surface area contributed by atoms with Gasteiger partial charge in [-0.15, -0.1) is 6.42 Å². The predicted octanol–water partition coefficient (Wildman–Crippen LogP) is 3.31. The highest BCUT2D eigenvalue weighted by Crippen LogP contribution is 2.14. The van der Waals surface area contributed by atoms with E-state index in [1.165, 1.54) is 16.8 Å².